The SMILES string of the molecule is O=C(Nc1ccc2ccccc2c1)N1CCN(CCOc2ccccc2)CC1. The Hall–Kier alpha value is -3.05. The van der Waals surface area contributed by atoms with Crippen molar-refractivity contribution in [3.05, 3.63) is 72.8 Å². The average Bonchev–Trinajstić information content (AvgIpc) is 2.75. The first-order valence-corrected chi connectivity index (χ1v) is 9.73. The van der Waals surface area contributed by atoms with Crippen molar-refractivity contribution in [1.82, 2.24) is 9.80 Å². The van der Waals surface area contributed by atoms with Crippen molar-refractivity contribution in [3.8, 4) is 5.75 Å². The zero-order chi connectivity index (χ0) is 19.2. The third kappa shape index (κ3) is 4.61. The van der Waals surface area contributed by atoms with Crippen LogP contribution in [-0.2, 0) is 0 Å². The number of benzene rings is 3. The minimum absolute atomic E-state index is 0.0320. The van der Waals surface area contributed by atoms with E-state index in [2.05, 4.69) is 22.3 Å². The summed E-state index contributed by atoms with van der Waals surface area (Å²) in [6, 6.07) is 24.0. The largest absolute Gasteiger partial charge is 0.492 e. The zero-order valence-corrected chi connectivity index (χ0v) is 15.9. The van der Waals surface area contributed by atoms with Crippen LogP contribution in [0.3, 0.4) is 0 Å². The highest BCUT2D eigenvalue weighted by Gasteiger charge is 2.21. The molecule has 1 fully saturated rings. The molecule has 28 heavy (non-hydrogen) atoms. The average molecular weight is 375 g/mol. The molecule has 4 rings (SSSR count). The van der Waals surface area contributed by atoms with Crippen molar-refractivity contribution in [1.29, 1.82) is 0 Å². The summed E-state index contributed by atoms with van der Waals surface area (Å²) >= 11 is 0. The van der Waals surface area contributed by atoms with Crippen LogP contribution in [0.2, 0.25) is 0 Å². The number of nitrogens with zero attached hydrogens (tertiary/aromatic N) is 2. The molecule has 0 bridgehead atoms. The molecule has 0 atom stereocenters. The second-order valence-corrected chi connectivity index (χ2v) is 6.98. The molecule has 3 aromatic carbocycles. The molecule has 0 aromatic heterocycles. The lowest BCUT2D eigenvalue weighted by Gasteiger charge is -2.34. The van der Waals surface area contributed by atoms with Gasteiger partial charge in [-0.05, 0) is 35.0 Å². The normalized spacial score (nSPS) is 14.8. The molecular formula is C23H25N3O2. The van der Waals surface area contributed by atoms with Gasteiger partial charge in [-0.2, -0.15) is 0 Å². The van der Waals surface area contributed by atoms with Gasteiger partial charge in [-0.25, -0.2) is 4.79 Å². The number of piperazine rings is 1. The summed E-state index contributed by atoms with van der Waals surface area (Å²) in [5.41, 5.74) is 0.836. The maximum Gasteiger partial charge on any atom is 0.321 e. The van der Waals surface area contributed by atoms with Crippen LogP contribution in [0.25, 0.3) is 10.8 Å². The quantitative estimate of drug-likeness (QED) is 0.731. The first-order chi connectivity index (χ1) is 13.8. The summed E-state index contributed by atoms with van der Waals surface area (Å²) < 4.78 is 5.76. The number of rotatable bonds is 5. The fraction of sp³-hybridized carbons (Fsp3) is 0.261. The first-order valence-electron chi connectivity index (χ1n) is 9.73. The number of hydrogen-bond donors (Lipinski definition) is 1. The van der Waals surface area contributed by atoms with Crippen LogP contribution in [0.1, 0.15) is 0 Å². The Kier molecular flexibility index (Phi) is 5.73. The molecule has 0 saturated carbocycles. The third-order valence-corrected chi connectivity index (χ3v) is 5.08. The molecule has 1 heterocycles. The monoisotopic (exact) mass is 375 g/mol. The fourth-order valence-electron chi connectivity index (χ4n) is 3.45. The van der Waals surface area contributed by atoms with E-state index in [4.69, 9.17) is 4.74 Å². The van der Waals surface area contributed by atoms with E-state index in [1.807, 2.05) is 65.6 Å². The van der Waals surface area contributed by atoms with Crippen molar-refractivity contribution in [2.45, 2.75) is 0 Å². The van der Waals surface area contributed by atoms with Crippen LogP contribution < -0.4 is 10.1 Å². The lowest BCUT2D eigenvalue weighted by Crippen LogP contribution is -2.50. The molecular weight excluding hydrogens is 350 g/mol. The highest BCUT2D eigenvalue weighted by molar-refractivity contribution is 5.93. The van der Waals surface area contributed by atoms with Gasteiger partial charge in [0, 0.05) is 38.4 Å². The van der Waals surface area contributed by atoms with Gasteiger partial charge in [0.25, 0.3) is 0 Å². The standard InChI is InChI=1S/C23H25N3O2/c27-23(24-21-11-10-19-6-4-5-7-20(19)18-21)26-14-12-25(13-15-26)16-17-28-22-8-2-1-3-9-22/h1-11,18H,12-17H2,(H,24,27). The van der Waals surface area contributed by atoms with Crippen molar-refractivity contribution in [2.75, 3.05) is 44.6 Å². The molecule has 0 aliphatic carbocycles. The van der Waals surface area contributed by atoms with Gasteiger partial charge in [-0.3, -0.25) is 4.90 Å². The van der Waals surface area contributed by atoms with Crippen LogP contribution in [0.15, 0.2) is 72.8 Å². The Labute approximate surface area is 165 Å². The second kappa shape index (κ2) is 8.76. The van der Waals surface area contributed by atoms with Gasteiger partial charge in [-0.1, -0.05) is 48.5 Å². The fourth-order valence-corrected chi connectivity index (χ4v) is 3.45. The molecule has 5 heteroatoms. The maximum atomic E-state index is 12.6. The number of ether oxygens (including phenoxy) is 1. The Morgan fingerprint density at radius 1 is 0.857 bits per heavy atom. The van der Waals surface area contributed by atoms with E-state index in [-0.39, 0.29) is 6.03 Å². The summed E-state index contributed by atoms with van der Waals surface area (Å²) in [6.07, 6.45) is 0. The van der Waals surface area contributed by atoms with Crippen LogP contribution >= 0.6 is 0 Å². The number of urea groups is 1. The number of carbonyl (C=O) groups is 1. The zero-order valence-electron chi connectivity index (χ0n) is 15.9. The van der Waals surface area contributed by atoms with E-state index < -0.39 is 0 Å². The van der Waals surface area contributed by atoms with Gasteiger partial charge >= 0.3 is 6.03 Å². The van der Waals surface area contributed by atoms with E-state index in [0.29, 0.717) is 6.61 Å². The van der Waals surface area contributed by atoms with Gasteiger partial charge in [0.1, 0.15) is 12.4 Å². The molecule has 0 radical (unpaired) electrons. The van der Waals surface area contributed by atoms with E-state index in [1.165, 1.54) is 5.39 Å². The predicted octanol–water partition coefficient (Wildman–Crippen LogP) is 4.07. The van der Waals surface area contributed by atoms with E-state index >= 15 is 0 Å². The maximum absolute atomic E-state index is 12.6. The van der Waals surface area contributed by atoms with Crippen LogP contribution in [0.4, 0.5) is 10.5 Å². The smallest absolute Gasteiger partial charge is 0.321 e. The summed E-state index contributed by atoms with van der Waals surface area (Å²) in [5.74, 6) is 0.899. The van der Waals surface area contributed by atoms with Crippen molar-refractivity contribution in [3.63, 3.8) is 0 Å². The lowest BCUT2D eigenvalue weighted by molar-refractivity contribution is 0.132. The van der Waals surface area contributed by atoms with E-state index in [1.54, 1.807) is 0 Å². The van der Waals surface area contributed by atoms with Gasteiger partial charge < -0.3 is 15.0 Å². The van der Waals surface area contributed by atoms with Gasteiger partial charge in [-0.15, -0.1) is 0 Å². The Bertz CT molecular complexity index is 921. The Morgan fingerprint density at radius 2 is 1.57 bits per heavy atom. The highest BCUT2D eigenvalue weighted by atomic mass is 16.5. The molecule has 0 unspecified atom stereocenters. The topological polar surface area (TPSA) is 44.8 Å². The number of para-hydroxylation sites is 1. The number of hydrogen-bond acceptors (Lipinski definition) is 3. The minimum Gasteiger partial charge on any atom is -0.492 e. The molecule has 0 spiro atoms. The molecule has 5 nitrogen and oxygen atoms in total. The van der Waals surface area contributed by atoms with Gasteiger partial charge in [0.2, 0.25) is 0 Å². The predicted molar refractivity (Wildman–Crippen MR) is 113 cm³/mol. The Morgan fingerprint density at radius 3 is 2.36 bits per heavy atom. The van der Waals surface area contributed by atoms with E-state index in [9.17, 15) is 4.79 Å². The molecule has 1 saturated heterocycles. The first kappa shape index (κ1) is 18.3. The summed E-state index contributed by atoms with van der Waals surface area (Å²) in [7, 11) is 0. The number of fused-ring (bicyclic) bond motifs is 1. The van der Waals surface area contributed by atoms with Crippen molar-refractivity contribution in [2.24, 2.45) is 0 Å². The third-order valence-electron chi connectivity index (χ3n) is 5.08. The number of amides is 2. The van der Waals surface area contributed by atoms with Gasteiger partial charge in [0.15, 0.2) is 0 Å². The molecule has 1 N–H and O–H groups in total. The molecule has 1 aliphatic rings. The Balaban J connectivity index is 1.23. The molecule has 1 aliphatic heterocycles. The summed E-state index contributed by atoms with van der Waals surface area (Å²) in [5, 5.41) is 5.33. The van der Waals surface area contributed by atoms with Crippen LogP contribution in [0, 0.1) is 0 Å². The van der Waals surface area contributed by atoms with Crippen LogP contribution in [-0.4, -0.2) is 55.2 Å². The minimum atomic E-state index is -0.0320. The van der Waals surface area contributed by atoms with E-state index in [0.717, 1.165) is 49.5 Å². The number of carbonyl (C=O) groups excluding carboxylic acids is 1. The second-order valence-electron chi connectivity index (χ2n) is 6.98. The molecule has 144 valence electrons. The summed E-state index contributed by atoms with van der Waals surface area (Å²) in [4.78, 5) is 16.8. The summed E-state index contributed by atoms with van der Waals surface area (Å²) in [6.45, 7) is 4.71. The number of nitrogens with one attached hydrogen (secondary N) is 1. The lowest BCUT2D eigenvalue weighted by atomic mass is 10.1. The van der Waals surface area contributed by atoms with Crippen LogP contribution in [0.5, 0.6) is 5.75 Å². The highest BCUT2D eigenvalue weighted by Crippen LogP contribution is 2.19. The number of anilines is 1. The van der Waals surface area contributed by atoms with Gasteiger partial charge in [0.05, 0.1) is 0 Å². The van der Waals surface area contributed by atoms with Crippen molar-refractivity contribution < 1.29 is 9.53 Å². The van der Waals surface area contributed by atoms with Crippen molar-refractivity contribution >= 4 is 22.5 Å². The molecule has 3 aromatic rings. The molecule has 2 amide bonds.